The zero-order valence-corrected chi connectivity index (χ0v) is 13.5. The molecule has 5 nitrogen and oxygen atoms in total. The van der Waals surface area contributed by atoms with Crippen LogP contribution in [0.25, 0.3) is 0 Å². The van der Waals surface area contributed by atoms with Gasteiger partial charge in [0, 0.05) is 12.1 Å². The van der Waals surface area contributed by atoms with Gasteiger partial charge in [-0.15, -0.1) is 0 Å². The minimum atomic E-state index is -0.566. The predicted octanol–water partition coefficient (Wildman–Crippen LogP) is 1.41. The maximum absolute atomic E-state index is 10.0. The molecule has 5 heteroatoms. The van der Waals surface area contributed by atoms with E-state index in [4.69, 9.17) is 9.47 Å². The Morgan fingerprint density at radius 2 is 1.90 bits per heavy atom. The maximum atomic E-state index is 10.0. The second-order valence-corrected chi connectivity index (χ2v) is 5.73. The Bertz CT molecular complexity index is 410. The van der Waals surface area contributed by atoms with Crippen molar-refractivity contribution in [1.29, 1.82) is 0 Å². The van der Waals surface area contributed by atoms with Crippen LogP contribution in [0.2, 0.25) is 0 Å². The first-order valence-electron chi connectivity index (χ1n) is 7.32. The zero-order chi connectivity index (χ0) is 15.7. The molecule has 21 heavy (non-hydrogen) atoms. The summed E-state index contributed by atoms with van der Waals surface area (Å²) in [5, 5.41) is 16.5. The van der Waals surface area contributed by atoms with Crippen molar-refractivity contribution < 1.29 is 14.6 Å². The Morgan fingerprint density at radius 1 is 1.24 bits per heavy atom. The SMILES string of the molecule is CNCCC(C)(C)NCC(O)COc1ccccc1OC. The van der Waals surface area contributed by atoms with E-state index in [9.17, 15) is 5.11 Å². The second kappa shape index (κ2) is 8.87. The van der Waals surface area contributed by atoms with Crippen LogP contribution in [-0.2, 0) is 0 Å². The van der Waals surface area contributed by atoms with E-state index in [0.29, 0.717) is 18.0 Å². The van der Waals surface area contributed by atoms with Gasteiger partial charge in [0.05, 0.1) is 7.11 Å². The average molecular weight is 296 g/mol. The van der Waals surface area contributed by atoms with E-state index in [0.717, 1.165) is 13.0 Å². The third-order valence-corrected chi connectivity index (χ3v) is 3.32. The number of rotatable bonds is 10. The molecule has 0 aromatic heterocycles. The molecule has 0 aliphatic heterocycles. The zero-order valence-electron chi connectivity index (χ0n) is 13.5. The van der Waals surface area contributed by atoms with E-state index in [1.807, 2.05) is 31.3 Å². The standard InChI is InChI=1S/C16H28N2O3/c1-16(2,9-10-17-3)18-11-13(19)12-21-15-8-6-5-7-14(15)20-4/h5-8,13,17-19H,9-12H2,1-4H3. The van der Waals surface area contributed by atoms with Crippen LogP contribution in [-0.4, -0.2) is 50.6 Å². The van der Waals surface area contributed by atoms with Gasteiger partial charge in [-0.2, -0.15) is 0 Å². The number of nitrogens with one attached hydrogen (secondary N) is 2. The van der Waals surface area contributed by atoms with Gasteiger partial charge in [0.25, 0.3) is 0 Å². The summed E-state index contributed by atoms with van der Waals surface area (Å²) in [6.07, 6.45) is 0.424. The summed E-state index contributed by atoms with van der Waals surface area (Å²) in [7, 11) is 3.54. The van der Waals surface area contributed by atoms with Crippen LogP contribution >= 0.6 is 0 Å². The molecule has 0 saturated heterocycles. The Morgan fingerprint density at radius 3 is 2.52 bits per heavy atom. The quantitative estimate of drug-likeness (QED) is 0.609. The molecule has 1 aromatic carbocycles. The summed E-state index contributed by atoms with van der Waals surface area (Å²) < 4.78 is 10.8. The lowest BCUT2D eigenvalue weighted by Crippen LogP contribution is -2.46. The van der Waals surface area contributed by atoms with Crippen molar-refractivity contribution >= 4 is 0 Å². The lowest BCUT2D eigenvalue weighted by atomic mass is 10.0. The molecule has 1 rings (SSSR count). The van der Waals surface area contributed by atoms with Crippen LogP contribution in [0.1, 0.15) is 20.3 Å². The highest BCUT2D eigenvalue weighted by molar-refractivity contribution is 5.39. The Balaban J connectivity index is 2.35. The van der Waals surface area contributed by atoms with E-state index in [1.165, 1.54) is 0 Å². The molecule has 1 atom stereocenters. The Labute approximate surface area is 127 Å². The van der Waals surface area contributed by atoms with Gasteiger partial charge in [-0.05, 0) is 46.0 Å². The van der Waals surface area contributed by atoms with Gasteiger partial charge >= 0.3 is 0 Å². The van der Waals surface area contributed by atoms with E-state index in [1.54, 1.807) is 7.11 Å². The molecule has 0 radical (unpaired) electrons. The molecule has 0 saturated carbocycles. The number of hydrogen-bond acceptors (Lipinski definition) is 5. The molecule has 0 aliphatic carbocycles. The fourth-order valence-electron chi connectivity index (χ4n) is 1.90. The smallest absolute Gasteiger partial charge is 0.161 e. The number of methoxy groups -OCH3 is 1. The van der Waals surface area contributed by atoms with E-state index in [2.05, 4.69) is 24.5 Å². The largest absolute Gasteiger partial charge is 0.493 e. The molecule has 120 valence electrons. The molecule has 0 fully saturated rings. The number of para-hydroxylation sites is 2. The third kappa shape index (κ3) is 6.80. The van der Waals surface area contributed by atoms with Gasteiger partial charge in [-0.3, -0.25) is 0 Å². The van der Waals surface area contributed by atoms with Gasteiger partial charge in [0.1, 0.15) is 12.7 Å². The van der Waals surface area contributed by atoms with E-state index < -0.39 is 6.10 Å². The topological polar surface area (TPSA) is 62.8 Å². The molecule has 3 N–H and O–H groups in total. The molecule has 0 aliphatic rings. The summed E-state index contributed by atoms with van der Waals surface area (Å²) >= 11 is 0. The van der Waals surface area contributed by atoms with Gasteiger partial charge in [0.15, 0.2) is 11.5 Å². The molecule has 0 heterocycles. The van der Waals surface area contributed by atoms with Crippen LogP contribution in [0, 0.1) is 0 Å². The minimum absolute atomic E-state index is 0.0194. The van der Waals surface area contributed by atoms with Crippen molar-refractivity contribution in [2.75, 3.05) is 33.9 Å². The lowest BCUT2D eigenvalue weighted by molar-refractivity contribution is 0.0967. The highest BCUT2D eigenvalue weighted by atomic mass is 16.5. The third-order valence-electron chi connectivity index (χ3n) is 3.32. The summed E-state index contributed by atoms with van der Waals surface area (Å²) in [4.78, 5) is 0. The van der Waals surface area contributed by atoms with Crippen molar-refractivity contribution in [3.8, 4) is 11.5 Å². The Kier molecular flexibility index (Phi) is 7.50. The molecular formula is C16H28N2O3. The van der Waals surface area contributed by atoms with Crippen LogP contribution < -0.4 is 20.1 Å². The van der Waals surface area contributed by atoms with E-state index in [-0.39, 0.29) is 12.1 Å². The van der Waals surface area contributed by atoms with Crippen LogP contribution in [0.15, 0.2) is 24.3 Å². The fourth-order valence-corrected chi connectivity index (χ4v) is 1.90. The fraction of sp³-hybridized carbons (Fsp3) is 0.625. The Hall–Kier alpha value is -1.30. The van der Waals surface area contributed by atoms with Crippen molar-refractivity contribution in [2.24, 2.45) is 0 Å². The number of β-amino-alcohol motifs (C(OH)–C–C–N with tert-alkyl or cyclic N) is 1. The summed E-state index contributed by atoms with van der Waals surface area (Å²) in [6.45, 7) is 5.91. The monoisotopic (exact) mass is 296 g/mol. The predicted molar refractivity (Wildman–Crippen MR) is 85.1 cm³/mol. The van der Waals surface area contributed by atoms with Gasteiger partial charge in [-0.1, -0.05) is 12.1 Å². The number of aliphatic hydroxyl groups is 1. The molecule has 1 unspecified atom stereocenters. The first kappa shape index (κ1) is 17.8. The highest BCUT2D eigenvalue weighted by Gasteiger charge is 2.18. The number of ether oxygens (including phenoxy) is 2. The van der Waals surface area contributed by atoms with Crippen LogP contribution in [0.3, 0.4) is 0 Å². The maximum Gasteiger partial charge on any atom is 0.161 e. The number of benzene rings is 1. The number of hydrogen-bond donors (Lipinski definition) is 3. The molecule has 0 spiro atoms. The van der Waals surface area contributed by atoms with Crippen molar-refractivity contribution in [2.45, 2.75) is 31.9 Å². The molecular weight excluding hydrogens is 268 g/mol. The van der Waals surface area contributed by atoms with Crippen molar-refractivity contribution in [3.05, 3.63) is 24.3 Å². The minimum Gasteiger partial charge on any atom is -0.493 e. The molecule has 0 amide bonds. The lowest BCUT2D eigenvalue weighted by Gasteiger charge is -2.27. The van der Waals surface area contributed by atoms with Crippen LogP contribution in [0.4, 0.5) is 0 Å². The average Bonchev–Trinajstić information content (AvgIpc) is 2.49. The molecule has 0 bridgehead atoms. The number of aliphatic hydroxyl groups excluding tert-OH is 1. The summed E-state index contributed by atoms with van der Waals surface area (Å²) in [5.74, 6) is 1.32. The highest BCUT2D eigenvalue weighted by Crippen LogP contribution is 2.25. The van der Waals surface area contributed by atoms with Crippen molar-refractivity contribution in [3.63, 3.8) is 0 Å². The van der Waals surface area contributed by atoms with Gasteiger partial charge in [0.2, 0.25) is 0 Å². The van der Waals surface area contributed by atoms with Gasteiger partial charge < -0.3 is 25.2 Å². The second-order valence-electron chi connectivity index (χ2n) is 5.73. The van der Waals surface area contributed by atoms with Crippen molar-refractivity contribution in [1.82, 2.24) is 10.6 Å². The molecule has 1 aromatic rings. The van der Waals surface area contributed by atoms with Crippen LogP contribution in [0.5, 0.6) is 11.5 Å². The van der Waals surface area contributed by atoms with E-state index >= 15 is 0 Å². The summed E-state index contributed by atoms with van der Waals surface area (Å²) in [6, 6.07) is 7.42. The summed E-state index contributed by atoms with van der Waals surface area (Å²) in [5.41, 5.74) is -0.0194. The normalized spacial score (nSPS) is 13.0. The first-order chi connectivity index (χ1) is 9.98. The van der Waals surface area contributed by atoms with Gasteiger partial charge in [-0.25, -0.2) is 0 Å². The first-order valence-corrected chi connectivity index (χ1v) is 7.32.